The second-order valence-corrected chi connectivity index (χ2v) is 5.11. The molecule has 0 aromatic heterocycles. The number of likely N-dealkylation sites (tertiary alicyclic amines) is 1. The molecule has 1 heterocycles. The van der Waals surface area contributed by atoms with E-state index in [0.717, 1.165) is 38.1 Å². The van der Waals surface area contributed by atoms with Crippen LogP contribution in [0.1, 0.15) is 23.2 Å². The average Bonchev–Trinajstić information content (AvgIpc) is 2.41. The van der Waals surface area contributed by atoms with Crippen molar-refractivity contribution in [3.8, 4) is 5.75 Å². The highest BCUT2D eigenvalue weighted by atomic mass is 19.1. The summed E-state index contributed by atoms with van der Waals surface area (Å²) in [6.07, 6.45) is 1.80. The minimum atomic E-state index is -0.516. The molecule has 0 spiro atoms. The largest absolute Gasteiger partial charge is 0.507 e. The number of rotatable bonds is 2. The highest BCUT2D eigenvalue weighted by Gasteiger charge is 2.26. The van der Waals surface area contributed by atoms with Crippen LogP contribution in [0.3, 0.4) is 0 Å². The minimum absolute atomic E-state index is 0.0291. The van der Waals surface area contributed by atoms with Crippen LogP contribution in [0.4, 0.5) is 4.39 Å². The first kappa shape index (κ1) is 13.8. The molecule has 1 aliphatic rings. The van der Waals surface area contributed by atoms with E-state index in [1.54, 1.807) is 11.9 Å². The topological polar surface area (TPSA) is 43.8 Å². The molecule has 0 unspecified atom stereocenters. The van der Waals surface area contributed by atoms with E-state index < -0.39 is 5.82 Å². The lowest BCUT2D eigenvalue weighted by Gasteiger charge is -2.35. The van der Waals surface area contributed by atoms with Crippen LogP contribution < -0.4 is 0 Å². The van der Waals surface area contributed by atoms with Crippen molar-refractivity contribution in [1.82, 2.24) is 9.80 Å². The number of carbonyl (C=O) groups is 1. The fourth-order valence-corrected chi connectivity index (χ4v) is 2.42. The molecule has 0 saturated carbocycles. The van der Waals surface area contributed by atoms with Gasteiger partial charge in [0, 0.05) is 13.1 Å². The van der Waals surface area contributed by atoms with Crippen molar-refractivity contribution in [2.45, 2.75) is 18.9 Å². The van der Waals surface area contributed by atoms with E-state index in [1.165, 1.54) is 6.07 Å². The number of nitrogens with zero attached hydrogens (tertiary/aromatic N) is 2. The number of halogens is 1. The Morgan fingerprint density at radius 1 is 1.42 bits per heavy atom. The summed E-state index contributed by atoms with van der Waals surface area (Å²) in [6, 6.07) is 3.59. The van der Waals surface area contributed by atoms with E-state index in [0.29, 0.717) is 0 Å². The molecule has 1 aliphatic heterocycles. The lowest BCUT2D eigenvalue weighted by atomic mass is 10.0. The van der Waals surface area contributed by atoms with E-state index in [2.05, 4.69) is 11.9 Å². The van der Waals surface area contributed by atoms with E-state index >= 15 is 0 Å². The second-order valence-electron chi connectivity index (χ2n) is 5.11. The zero-order valence-corrected chi connectivity index (χ0v) is 11.3. The predicted molar refractivity (Wildman–Crippen MR) is 70.7 cm³/mol. The number of phenolic OH excluding ortho intramolecular Hbond substituents is 1. The first-order chi connectivity index (χ1) is 8.99. The maximum absolute atomic E-state index is 13.2. The van der Waals surface area contributed by atoms with Crippen LogP contribution in [0, 0.1) is 5.82 Å². The predicted octanol–water partition coefficient (Wildman–Crippen LogP) is 1.70. The summed E-state index contributed by atoms with van der Waals surface area (Å²) < 4.78 is 13.2. The molecule has 5 heteroatoms. The van der Waals surface area contributed by atoms with Crippen molar-refractivity contribution in [1.29, 1.82) is 0 Å². The van der Waals surface area contributed by atoms with Crippen molar-refractivity contribution >= 4 is 5.91 Å². The molecule has 1 N–H and O–H groups in total. The number of benzene rings is 1. The van der Waals surface area contributed by atoms with Crippen molar-refractivity contribution in [2.24, 2.45) is 0 Å². The summed E-state index contributed by atoms with van der Waals surface area (Å²) >= 11 is 0. The zero-order chi connectivity index (χ0) is 14.0. The Kier molecular flexibility index (Phi) is 4.04. The van der Waals surface area contributed by atoms with Gasteiger partial charge in [-0.05, 0) is 51.2 Å². The normalized spacial score (nSPS) is 17.4. The molecule has 0 radical (unpaired) electrons. The summed E-state index contributed by atoms with van der Waals surface area (Å²) in [6.45, 7) is 1.88. The van der Waals surface area contributed by atoms with E-state index in [9.17, 15) is 14.3 Å². The van der Waals surface area contributed by atoms with Gasteiger partial charge in [-0.1, -0.05) is 0 Å². The molecule has 1 aromatic carbocycles. The first-order valence-corrected chi connectivity index (χ1v) is 6.43. The monoisotopic (exact) mass is 266 g/mol. The standard InChI is InChI=1S/C14H19FN2O2/c1-16-7-5-11(6-8-16)17(2)14(19)12-9-10(15)3-4-13(12)18/h3-4,9,11,18H,5-8H2,1-2H3. The lowest BCUT2D eigenvalue weighted by molar-refractivity contribution is 0.0656. The van der Waals surface area contributed by atoms with Gasteiger partial charge in [0.1, 0.15) is 11.6 Å². The molecule has 0 atom stereocenters. The second kappa shape index (κ2) is 5.57. The summed E-state index contributed by atoms with van der Waals surface area (Å²) in [5, 5.41) is 9.67. The Hall–Kier alpha value is -1.62. The van der Waals surface area contributed by atoms with Gasteiger partial charge in [-0.25, -0.2) is 4.39 Å². The van der Waals surface area contributed by atoms with Gasteiger partial charge in [-0.3, -0.25) is 4.79 Å². The van der Waals surface area contributed by atoms with Gasteiger partial charge in [0.05, 0.1) is 5.56 Å². The molecule has 104 valence electrons. The zero-order valence-electron chi connectivity index (χ0n) is 11.3. The third kappa shape index (κ3) is 3.04. The Balaban J connectivity index is 2.12. The highest BCUT2D eigenvalue weighted by molar-refractivity contribution is 5.96. The first-order valence-electron chi connectivity index (χ1n) is 6.43. The Morgan fingerprint density at radius 3 is 2.68 bits per heavy atom. The van der Waals surface area contributed by atoms with Crippen LogP contribution in [0.25, 0.3) is 0 Å². The molecule has 1 fully saturated rings. The summed E-state index contributed by atoms with van der Waals surface area (Å²) in [7, 11) is 3.76. The molecular formula is C14H19FN2O2. The van der Waals surface area contributed by atoms with Crippen LogP contribution in [-0.4, -0.2) is 54.0 Å². The quantitative estimate of drug-likeness (QED) is 0.886. The lowest BCUT2D eigenvalue weighted by Crippen LogP contribution is -2.44. The third-order valence-electron chi connectivity index (χ3n) is 3.75. The fraction of sp³-hybridized carbons (Fsp3) is 0.500. The third-order valence-corrected chi connectivity index (χ3v) is 3.75. The van der Waals surface area contributed by atoms with Gasteiger partial charge in [0.15, 0.2) is 0 Å². The van der Waals surface area contributed by atoms with Gasteiger partial charge in [-0.15, -0.1) is 0 Å². The highest BCUT2D eigenvalue weighted by Crippen LogP contribution is 2.22. The van der Waals surface area contributed by atoms with Gasteiger partial charge in [0.25, 0.3) is 5.91 Å². The van der Waals surface area contributed by atoms with Crippen LogP contribution in [0.15, 0.2) is 18.2 Å². The Morgan fingerprint density at radius 2 is 2.05 bits per heavy atom. The van der Waals surface area contributed by atoms with Crippen LogP contribution >= 0.6 is 0 Å². The van der Waals surface area contributed by atoms with Crippen molar-refractivity contribution in [3.05, 3.63) is 29.6 Å². The summed E-state index contributed by atoms with van der Waals surface area (Å²) in [5.74, 6) is -1.02. The maximum atomic E-state index is 13.2. The molecule has 2 rings (SSSR count). The average molecular weight is 266 g/mol. The van der Waals surface area contributed by atoms with E-state index in [-0.39, 0.29) is 23.3 Å². The molecule has 0 bridgehead atoms. The minimum Gasteiger partial charge on any atom is -0.507 e. The van der Waals surface area contributed by atoms with Crippen LogP contribution in [-0.2, 0) is 0 Å². The number of hydrogen-bond donors (Lipinski definition) is 1. The Bertz CT molecular complexity index is 471. The number of carbonyl (C=O) groups excluding carboxylic acids is 1. The van der Waals surface area contributed by atoms with E-state index in [4.69, 9.17) is 0 Å². The summed E-state index contributed by atoms with van der Waals surface area (Å²) in [5.41, 5.74) is 0.0291. The summed E-state index contributed by atoms with van der Waals surface area (Å²) in [4.78, 5) is 16.1. The van der Waals surface area contributed by atoms with E-state index in [1.807, 2.05) is 0 Å². The smallest absolute Gasteiger partial charge is 0.257 e. The number of piperidine rings is 1. The van der Waals surface area contributed by atoms with Gasteiger partial charge < -0.3 is 14.9 Å². The number of aromatic hydroxyl groups is 1. The number of amides is 1. The Labute approximate surface area is 112 Å². The van der Waals surface area contributed by atoms with Crippen molar-refractivity contribution < 1.29 is 14.3 Å². The molecule has 1 aromatic rings. The van der Waals surface area contributed by atoms with Crippen molar-refractivity contribution in [3.63, 3.8) is 0 Å². The van der Waals surface area contributed by atoms with Crippen LogP contribution in [0.2, 0.25) is 0 Å². The van der Waals surface area contributed by atoms with Crippen molar-refractivity contribution in [2.75, 3.05) is 27.2 Å². The van der Waals surface area contributed by atoms with Gasteiger partial charge in [-0.2, -0.15) is 0 Å². The van der Waals surface area contributed by atoms with Gasteiger partial charge >= 0.3 is 0 Å². The number of hydrogen-bond acceptors (Lipinski definition) is 3. The SMILES string of the molecule is CN1CCC(N(C)C(=O)c2cc(F)ccc2O)CC1. The molecule has 0 aliphatic carbocycles. The fourth-order valence-electron chi connectivity index (χ4n) is 2.42. The maximum Gasteiger partial charge on any atom is 0.257 e. The molecule has 1 saturated heterocycles. The molecular weight excluding hydrogens is 247 g/mol. The molecule has 19 heavy (non-hydrogen) atoms. The van der Waals surface area contributed by atoms with Gasteiger partial charge in [0.2, 0.25) is 0 Å². The number of phenols is 1. The molecule has 4 nitrogen and oxygen atoms in total. The van der Waals surface area contributed by atoms with Crippen LogP contribution in [0.5, 0.6) is 5.75 Å². The molecule has 1 amide bonds.